The highest BCUT2D eigenvalue weighted by Gasteiger charge is 2.22. The Bertz CT molecular complexity index is 1130. The molecule has 0 saturated heterocycles. The van der Waals surface area contributed by atoms with Crippen molar-refractivity contribution >= 4 is 29.2 Å². The first kappa shape index (κ1) is 19.5. The maximum Gasteiger partial charge on any atom is 0.272 e. The average molecular weight is 428 g/mol. The monoisotopic (exact) mass is 427 g/mol. The van der Waals surface area contributed by atoms with Gasteiger partial charge in [-0.2, -0.15) is 0 Å². The minimum absolute atomic E-state index is 0.0553. The molecule has 148 valence electrons. The average Bonchev–Trinajstić information content (AvgIpc) is 3.21. The molecule has 0 spiro atoms. The Morgan fingerprint density at radius 3 is 2.79 bits per heavy atom. The molecular weight excluding hydrogens is 410 g/mol. The molecule has 3 aromatic rings. The number of aromatic nitrogens is 2. The molecular formula is C20H17N3O4S2. The van der Waals surface area contributed by atoms with Crippen molar-refractivity contribution in [1.82, 2.24) is 9.55 Å². The van der Waals surface area contributed by atoms with E-state index in [1.165, 1.54) is 23.9 Å². The fraction of sp³-hybridized carbons (Fsp3) is 0.200. The van der Waals surface area contributed by atoms with Crippen LogP contribution in [0.5, 0.6) is 5.75 Å². The van der Waals surface area contributed by atoms with Crippen LogP contribution in [0.1, 0.15) is 11.3 Å². The third-order valence-electron chi connectivity index (χ3n) is 4.49. The van der Waals surface area contributed by atoms with E-state index in [0.717, 1.165) is 23.4 Å². The molecule has 0 amide bonds. The summed E-state index contributed by atoms with van der Waals surface area (Å²) in [7, 11) is 1.59. The van der Waals surface area contributed by atoms with Gasteiger partial charge in [-0.15, -0.1) is 11.8 Å². The molecule has 1 aromatic heterocycles. The number of non-ortho nitro benzene ring substituents is 1. The van der Waals surface area contributed by atoms with E-state index in [0.29, 0.717) is 27.2 Å². The molecule has 0 bridgehead atoms. The van der Waals surface area contributed by atoms with Crippen molar-refractivity contribution in [1.29, 1.82) is 0 Å². The maximum atomic E-state index is 13.2. The number of fused-ring (bicyclic) bond motifs is 1. The first-order valence-electron chi connectivity index (χ1n) is 8.86. The van der Waals surface area contributed by atoms with Gasteiger partial charge in [0.15, 0.2) is 5.16 Å². The largest absolute Gasteiger partial charge is 0.497 e. The van der Waals surface area contributed by atoms with Gasteiger partial charge in [0.25, 0.3) is 11.2 Å². The SMILES string of the molecule is COc1cccc(-n2c(SCc3ccc([N+](=O)[O-])cc3)nc3c(c2=O)SCC3)c1. The Morgan fingerprint density at radius 1 is 1.28 bits per heavy atom. The molecule has 0 unspecified atom stereocenters. The van der Waals surface area contributed by atoms with Gasteiger partial charge in [0.05, 0.1) is 28.3 Å². The zero-order valence-corrected chi connectivity index (χ0v) is 17.2. The van der Waals surface area contributed by atoms with Crippen LogP contribution in [0, 0.1) is 10.1 Å². The van der Waals surface area contributed by atoms with Crippen molar-refractivity contribution < 1.29 is 9.66 Å². The number of methoxy groups -OCH3 is 1. The van der Waals surface area contributed by atoms with E-state index in [-0.39, 0.29) is 11.2 Å². The van der Waals surface area contributed by atoms with Crippen LogP contribution in [0.2, 0.25) is 0 Å². The van der Waals surface area contributed by atoms with Gasteiger partial charge in [-0.05, 0) is 17.7 Å². The Hall–Kier alpha value is -2.78. The molecule has 29 heavy (non-hydrogen) atoms. The topological polar surface area (TPSA) is 87.3 Å². The van der Waals surface area contributed by atoms with Gasteiger partial charge in [-0.1, -0.05) is 30.0 Å². The molecule has 0 atom stereocenters. The number of rotatable bonds is 6. The van der Waals surface area contributed by atoms with Gasteiger partial charge in [0.2, 0.25) is 0 Å². The smallest absolute Gasteiger partial charge is 0.272 e. The lowest BCUT2D eigenvalue weighted by atomic mass is 10.2. The number of aryl methyl sites for hydroxylation is 1. The third kappa shape index (κ3) is 4.01. The van der Waals surface area contributed by atoms with Gasteiger partial charge >= 0.3 is 0 Å². The van der Waals surface area contributed by atoms with Crippen LogP contribution in [0.3, 0.4) is 0 Å². The van der Waals surface area contributed by atoms with Crippen LogP contribution >= 0.6 is 23.5 Å². The molecule has 2 heterocycles. The highest BCUT2D eigenvalue weighted by Crippen LogP contribution is 2.31. The van der Waals surface area contributed by atoms with Crippen LogP contribution in [0.15, 0.2) is 63.4 Å². The Morgan fingerprint density at radius 2 is 2.07 bits per heavy atom. The number of nitro groups is 1. The predicted octanol–water partition coefficient (Wildman–Crippen LogP) is 4.09. The number of nitro benzene ring substituents is 1. The second-order valence-corrected chi connectivity index (χ2v) is 8.37. The molecule has 0 radical (unpaired) electrons. The number of ether oxygens (including phenoxy) is 1. The minimum Gasteiger partial charge on any atom is -0.497 e. The fourth-order valence-electron chi connectivity index (χ4n) is 3.03. The summed E-state index contributed by atoms with van der Waals surface area (Å²) in [6, 6.07) is 13.7. The van der Waals surface area contributed by atoms with E-state index >= 15 is 0 Å². The number of nitrogens with zero attached hydrogens (tertiary/aromatic N) is 3. The first-order valence-corrected chi connectivity index (χ1v) is 10.8. The standard InChI is InChI=1S/C20H17N3O4S2/c1-27-16-4-2-3-15(11-16)22-19(24)18-17(9-10-28-18)21-20(22)29-12-13-5-7-14(8-6-13)23(25)26/h2-8,11H,9-10,12H2,1H3. The molecule has 2 aromatic carbocycles. The number of hydrogen-bond donors (Lipinski definition) is 0. The van der Waals surface area contributed by atoms with E-state index in [1.54, 1.807) is 35.6 Å². The van der Waals surface area contributed by atoms with Crippen LogP contribution < -0.4 is 10.3 Å². The minimum atomic E-state index is -0.420. The quantitative estimate of drug-likeness (QED) is 0.253. The predicted molar refractivity (Wildman–Crippen MR) is 113 cm³/mol. The second kappa shape index (κ2) is 8.30. The van der Waals surface area contributed by atoms with Crippen molar-refractivity contribution in [3.63, 3.8) is 0 Å². The van der Waals surface area contributed by atoms with Crippen molar-refractivity contribution in [2.24, 2.45) is 0 Å². The molecule has 1 aliphatic heterocycles. The van der Waals surface area contributed by atoms with Gasteiger partial charge in [0.1, 0.15) is 5.75 Å². The summed E-state index contributed by atoms with van der Waals surface area (Å²) in [5, 5.41) is 11.4. The van der Waals surface area contributed by atoms with Crippen molar-refractivity contribution in [2.45, 2.75) is 22.2 Å². The second-order valence-electron chi connectivity index (χ2n) is 6.32. The van der Waals surface area contributed by atoms with Crippen LogP contribution in [0.4, 0.5) is 5.69 Å². The van der Waals surface area contributed by atoms with E-state index in [2.05, 4.69) is 0 Å². The lowest BCUT2D eigenvalue weighted by Crippen LogP contribution is -2.23. The van der Waals surface area contributed by atoms with Crippen LogP contribution in [-0.2, 0) is 12.2 Å². The van der Waals surface area contributed by atoms with E-state index in [9.17, 15) is 14.9 Å². The summed E-state index contributed by atoms with van der Waals surface area (Å²) in [4.78, 5) is 29.1. The van der Waals surface area contributed by atoms with Crippen LogP contribution in [0.25, 0.3) is 5.69 Å². The summed E-state index contributed by atoms with van der Waals surface area (Å²) in [5.41, 5.74) is 2.44. The lowest BCUT2D eigenvalue weighted by molar-refractivity contribution is -0.384. The molecule has 1 aliphatic rings. The Balaban J connectivity index is 1.71. The molecule has 7 nitrogen and oxygen atoms in total. The molecule has 0 saturated carbocycles. The normalized spacial score (nSPS) is 12.6. The summed E-state index contributed by atoms with van der Waals surface area (Å²) >= 11 is 2.98. The highest BCUT2D eigenvalue weighted by molar-refractivity contribution is 7.99. The maximum absolute atomic E-state index is 13.2. The molecule has 0 N–H and O–H groups in total. The fourth-order valence-corrected chi connectivity index (χ4v) is 5.04. The molecule has 9 heteroatoms. The lowest BCUT2D eigenvalue weighted by Gasteiger charge is -2.14. The van der Waals surface area contributed by atoms with Crippen molar-refractivity contribution in [3.8, 4) is 11.4 Å². The number of hydrogen-bond acceptors (Lipinski definition) is 7. The zero-order chi connectivity index (χ0) is 20.4. The molecule has 4 rings (SSSR count). The summed E-state index contributed by atoms with van der Waals surface area (Å²) in [5.74, 6) is 2.06. The van der Waals surface area contributed by atoms with Gasteiger partial charge in [-0.3, -0.25) is 19.5 Å². The zero-order valence-electron chi connectivity index (χ0n) is 15.5. The number of thioether (sulfide) groups is 2. The molecule has 0 fully saturated rings. The van der Waals surface area contributed by atoms with Crippen molar-refractivity contribution in [2.75, 3.05) is 12.9 Å². The number of benzene rings is 2. The van der Waals surface area contributed by atoms with E-state index < -0.39 is 4.92 Å². The van der Waals surface area contributed by atoms with Gasteiger partial charge in [-0.25, -0.2) is 4.98 Å². The molecule has 0 aliphatic carbocycles. The summed E-state index contributed by atoms with van der Waals surface area (Å²) in [6.07, 6.45) is 0.777. The van der Waals surface area contributed by atoms with Gasteiger partial charge < -0.3 is 4.74 Å². The highest BCUT2D eigenvalue weighted by atomic mass is 32.2. The van der Waals surface area contributed by atoms with Gasteiger partial charge in [0, 0.05) is 36.1 Å². The van der Waals surface area contributed by atoms with E-state index in [1.807, 2.05) is 24.3 Å². The van der Waals surface area contributed by atoms with Crippen LogP contribution in [-0.4, -0.2) is 27.3 Å². The first-order chi connectivity index (χ1) is 14.1. The van der Waals surface area contributed by atoms with Crippen molar-refractivity contribution in [3.05, 3.63) is 80.3 Å². The van der Waals surface area contributed by atoms with E-state index in [4.69, 9.17) is 9.72 Å². The third-order valence-corrected chi connectivity index (χ3v) is 6.61. The Kier molecular flexibility index (Phi) is 5.59. The Labute approximate surface area is 175 Å². The summed E-state index contributed by atoms with van der Waals surface area (Å²) in [6.45, 7) is 0. The summed E-state index contributed by atoms with van der Waals surface area (Å²) < 4.78 is 6.93.